The first-order valence-electron chi connectivity index (χ1n) is 11.9. The molecule has 38 heavy (non-hydrogen) atoms. The number of allylic oxidation sites excluding steroid dienone is 4. The van der Waals surface area contributed by atoms with Gasteiger partial charge in [0, 0.05) is 0 Å². The fourth-order valence-corrected chi connectivity index (χ4v) is 3.41. The molecule has 0 saturated heterocycles. The zero-order valence-electron chi connectivity index (χ0n) is 22.1. The van der Waals surface area contributed by atoms with E-state index in [-0.39, 0.29) is 24.4 Å². The molecule has 0 aliphatic heterocycles. The zero-order valence-corrected chi connectivity index (χ0v) is 22.1. The van der Waals surface area contributed by atoms with Gasteiger partial charge in [-0.2, -0.15) is 0 Å². The highest BCUT2D eigenvalue weighted by atomic mass is 16.5. The number of ketones is 1. The maximum Gasteiger partial charge on any atom is 0.343 e. The predicted molar refractivity (Wildman–Crippen MR) is 144 cm³/mol. The fraction of sp³-hybridized carbons (Fsp3) is 0.226. The van der Waals surface area contributed by atoms with Crippen LogP contribution in [0.3, 0.4) is 0 Å². The van der Waals surface area contributed by atoms with E-state index in [2.05, 4.69) is 13.2 Å². The predicted octanol–water partition coefficient (Wildman–Crippen LogP) is 6.15. The highest BCUT2D eigenvalue weighted by Gasteiger charge is 2.43. The molecule has 0 unspecified atom stereocenters. The van der Waals surface area contributed by atoms with E-state index in [4.69, 9.17) is 14.2 Å². The van der Waals surface area contributed by atoms with Crippen LogP contribution in [0.25, 0.3) is 0 Å². The van der Waals surface area contributed by atoms with E-state index < -0.39 is 29.1 Å². The third-order valence-electron chi connectivity index (χ3n) is 6.09. The number of rotatable bonds is 12. The summed E-state index contributed by atoms with van der Waals surface area (Å²) in [5.41, 5.74) is 0.118. The van der Waals surface area contributed by atoms with Crippen molar-refractivity contribution in [1.29, 1.82) is 0 Å². The molecule has 0 fully saturated rings. The van der Waals surface area contributed by atoms with Crippen molar-refractivity contribution in [3.63, 3.8) is 0 Å². The largest absolute Gasteiger partial charge is 0.468 e. The minimum atomic E-state index is -1.56. The van der Waals surface area contributed by atoms with E-state index in [1.807, 2.05) is 0 Å². The number of carbonyl (C=O) groups excluding carboxylic acids is 4. The van der Waals surface area contributed by atoms with Crippen molar-refractivity contribution in [2.24, 2.45) is 5.41 Å². The molecule has 0 heterocycles. The summed E-state index contributed by atoms with van der Waals surface area (Å²) >= 11 is 0. The smallest absolute Gasteiger partial charge is 0.343 e. The number of methoxy groups -OCH3 is 1. The first-order valence-corrected chi connectivity index (χ1v) is 11.9. The molecule has 0 spiro atoms. The van der Waals surface area contributed by atoms with Gasteiger partial charge in [-0.3, -0.25) is 9.59 Å². The van der Waals surface area contributed by atoms with E-state index >= 15 is 0 Å². The van der Waals surface area contributed by atoms with Crippen LogP contribution in [0.5, 0.6) is 0 Å². The fourth-order valence-electron chi connectivity index (χ4n) is 3.41. The number of hydrogen-bond acceptors (Lipinski definition) is 7. The van der Waals surface area contributed by atoms with Gasteiger partial charge in [-0.1, -0.05) is 61.7 Å². The Labute approximate surface area is 223 Å². The zero-order chi connectivity index (χ0) is 28.3. The lowest BCUT2D eigenvalue weighted by atomic mass is 9.76. The highest BCUT2D eigenvalue weighted by Crippen LogP contribution is 2.33. The molecule has 0 aromatic heterocycles. The summed E-state index contributed by atoms with van der Waals surface area (Å²) in [6.45, 7) is 12.2. The lowest BCUT2D eigenvalue weighted by Gasteiger charge is -2.26. The van der Waals surface area contributed by atoms with E-state index in [1.54, 1.807) is 86.7 Å². The van der Waals surface area contributed by atoms with E-state index in [1.165, 1.54) is 14.0 Å². The summed E-state index contributed by atoms with van der Waals surface area (Å²) in [6.07, 6.45) is 3.13. The van der Waals surface area contributed by atoms with Gasteiger partial charge in [0.1, 0.15) is 22.7 Å². The van der Waals surface area contributed by atoms with E-state index in [9.17, 15) is 19.2 Å². The summed E-state index contributed by atoms with van der Waals surface area (Å²) in [4.78, 5) is 50.3. The average Bonchev–Trinajstić information content (AvgIpc) is 2.93. The number of benzene rings is 2. The van der Waals surface area contributed by atoms with Crippen LogP contribution in [0.15, 0.2) is 109 Å². The third-order valence-corrected chi connectivity index (χ3v) is 6.09. The normalized spacial score (nSPS) is 13.1. The highest BCUT2D eigenvalue weighted by molar-refractivity contribution is 6.03. The summed E-state index contributed by atoms with van der Waals surface area (Å²) in [5, 5.41) is 0. The summed E-state index contributed by atoms with van der Waals surface area (Å²) in [5.74, 6) is -2.11. The van der Waals surface area contributed by atoms with Crippen molar-refractivity contribution >= 4 is 23.7 Å². The van der Waals surface area contributed by atoms with Gasteiger partial charge in [-0.25, -0.2) is 9.59 Å². The maximum absolute atomic E-state index is 12.8. The van der Waals surface area contributed by atoms with Crippen LogP contribution >= 0.6 is 0 Å². The molecule has 0 saturated carbocycles. The average molecular weight is 517 g/mol. The molecule has 198 valence electrons. The van der Waals surface area contributed by atoms with Crippen LogP contribution in [0.1, 0.15) is 54.3 Å². The van der Waals surface area contributed by atoms with Crippen molar-refractivity contribution in [3.05, 3.63) is 120 Å². The van der Waals surface area contributed by atoms with Crippen LogP contribution < -0.4 is 0 Å². The molecule has 0 atom stereocenters. The minimum Gasteiger partial charge on any atom is -0.468 e. The number of Topliss-reactive ketones (excluding diaryl/α,β-unsaturated/α-hetero) is 1. The van der Waals surface area contributed by atoms with Crippen molar-refractivity contribution < 1.29 is 33.4 Å². The molecule has 0 N–H and O–H groups in total. The topological polar surface area (TPSA) is 96.0 Å². The van der Waals surface area contributed by atoms with Crippen LogP contribution in [0, 0.1) is 5.41 Å². The quantitative estimate of drug-likeness (QED) is 0.110. The molecular weight excluding hydrogens is 484 g/mol. The molecule has 7 heteroatoms. The molecule has 0 radical (unpaired) electrons. The van der Waals surface area contributed by atoms with Crippen molar-refractivity contribution in [3.8, 4) is 0 Å². The molecule has 0 aliphatic carbocycles. The van der Waals surface area contributed by atoms with Crippen LogP contribution in [0.4, 0.5) is 0 Å². The summed E-state index contributed by atoms with van der Waals surface area (Å²) < 4.78 is 15.7. The Morgan fingerprint density at radius 1 is 0.711 bits per heavy atom. The lowest BCUT2D eigenvalue weighted by molar-refractivity contribution is -0.157. The monoisotopic (exact) mass is 516 g/mol. The van der Waals surface area contributed by atoms with Gasteiger partial charge in [0.05, 0.1) is 18.2 Å². The van der Waals surface area contributed by atoms with Gasteiger partial charge >= 0.3 is 17.9 Å². The Hall–Kier alpha value is -4.52. The van der Waals surface area contributed by atoms with Crippen LogP contribution in [0.2, 0.25) is 0 Å². The number of carbonyl (C=O) groups is 4. The SMILES string of the molecule is C=C(OC(=O)c1ccccc1)/C(C)=C/CC(C/C=C(\C)C(=C)OC(=O)c1ccccc1)(C(C)=O)C(=O)OC. The van der Waals surface area contributed by atoms with E-state index in [0.29, 0.717) is 22.3 Å². The molecule has 2 aromatic rings. The number of ether oxygens (including phenoxy) is 3. The Bertz CT molecular complexity index is 1180. The summed E-state index contributed by atoms with van der Waals surface area (Å²) in [7, 11) is 1.20. The van der Waals surface area contributed by atoms with Gasteiger partial charge < -0.3 is 14.2 Å². The van der Waals surface area contributed by atoms with Gasteiger partial charge in [0.25, 0.3) is 0 Å². The van der Waals surface area contributed by atoms with Gasteiger partial charge in [-0.15, -0.1) is 0 Å². The first-order chi connectivity index (χ1) is 18.0. The number of hydrogen-bond donors (Lipinski definition) is 0. The molecular formula is C31H32O7. The van der Waals surface area contributed by atoms with Crippen molar-refractivity contribution in [1.82, 2.24) is 0 Å². The second kappa shape index (κ2) is 13.7. The lowest BCUT2D eigenvalue weighted by Crippen LogP contribution is -2.38. The van der Waals surface area contributed by atoms with Crippen LogP contribution in [-0.4, -0.2) is 30.8 Å². The first kappa shape index (κ1) is 29.7. The Kier molecular flexibility index (Phi) is 10.7. The maximum atomic E-state index is 12.8. The van der Waals surface area contributed by atoms with Gasteiger partial charge in [0.2, 0.25) is 0 Å². The Morgan fingerprint density at radius 3 is 1.39 bits per heavy atom. The molecule has 0 aliphatic rings. The number of esters is 3. The summed E-state index contributed by atoms with van der Waals surface area (Å²) in [6, 6.07) is 16.9. The molecule has 7 nitrogen and oxygen atoms in total. The Morgan fingerprint density at radius 2 is 1.08 bits per heavy atom. The van der Waals surface area contributed by atoms with Crippen molar-refractivity contribution in [2.75, 3.05) is 7.11 Å². The second-order valence-corrected chi connectivity index (χ2v) is 8.67. The molecule has 2 aromatic carbocycles. The minimum absolute atomic E-state index is 0.0389. The van der Waals surface area contributed by atoms with E-state index in [0.717, 1.165) is 0 Å². The van der Waals surface area contributed by atoms with Crippen molar-refractivity contribution in [2.45, 2.75) is 33.6 Å². The molecule has 0 bridgehead atoms. The van der Waals surface area contributed by atoms with Gasteiger partial charge in [-0.05, 0) is 69.0 Å². The third kappa shape index (κ3) is 7.74. The van der Waals surface area contributed by atoms with Crippen LogP contribution in [-0.2, 0) is 23.8 Å². The molecule has 2 rings (SSSR count). The molecule has 0 amide bonds. The Balaban J connectivity index is 2.19. The second-order valence-electron chi connectivity index (χ2n) is 8.67. The standard InChI is InChI=1S/C31H32O7/c1-21(23(3)37-28(33)26-13-9-7-10-14-26)17-19-31(25(5)32,30(35)36-6)20-18-22(2)24(4)38-29(34)27-15-11-8-12-16-27/h7-18H,3-4,19-20H2,1-2,5-6H3/b21-17+,22-18+. The van der Waals surface area contributed by atoms with Gasteiger partial charge in [0.15, 0.2) is 0 Å².